The molecule has 0 saturated carbocycles. The Morgan fingerprint density at radius 2 is 1.22 bits per heavy atom. The molecular formula is C18H15N3O2. The lowest BCUT2D eigenvalue weighted by Gasteiger charge is -2.11. The fraction of sp³-hybridized carbons (Fsp3) is 0. The monoisotopic (exact) mass is 305 g/mol. The summed E-state index contributed by atoms with van der Waals surface area (Å²) in [6.07, 6.45) is 0. The minimum Gasteiger partial charge on any atom is -0.399 e. The predicted octanol–water partition coefficient (Wildman–Crippen LogP) is 4.09. The number of nitrogens with zero attached hydrogens (tertiary/aromatic N) is 1. The number of anilines is 2. The maximum absolute atomic E-state index is 10.8. The summed E-state index contributed by atoms with van der Waals surface area (Å²) in [7, 11) is 0. The number of benzene rings is 3. The molecule has 0 aromatic heterocycles. The first-order valence-corrected chi connectivity index (χ1v) is 7.05. The van der Waals surface area contributed by atoms with Crippen molar-refractivity contribution in [3.63, 3.8) is 0 Å². The first kappa shape index (κ1) is 14.6. The SMILES string of the molecule is Nc1ccc(-c2ccc(N)cc2-c2ccc([N+](=O)[O-])cc2)cc1. The van der Waals surface area contributed by atoms with Crippen molar-refractivity contribution < 1.29 is 4.92 Å². The topological polar surface area (TPSA) is 95.2 Å². The van der Waals surface area contributed by atoms with Crippen LogP contribution in [0.2, 0.25) is 0 Å². The number of hydrogen-bond acceptors (Lipinski definition) is 4. The smallest absolute Gasteiger partial charge is 0.269 e. The van der Waals surface area contributed by atoms with Crippen molar-refractivity contribution >= 4 is 17.1 Å². The molecule has 0 aliphatic heterocycles. The fourth-order valence-corrected chi connectivity index (χ4v) is 2.48. The lowest BCUT2D eigenvalue weighted by atomic mass is 9.94. The Hall–Kier alpha value is -3.34. The molecule has 4 N–H and O–H groups in total. The van der Waals surface area contributed by atoms with Crippen LogP contribution in [0.4, 0.5) is 17.1 Å². The van der Waals surface area contributed by atoms with Crippen LogP contribution in [-0.2, 0) is 0 Å². The Bertz CT molecular complexity index is 856. The zero-order valence-electron chi connectivity index (χ0n) is 12.3. The van der Waals surface area contributed by atoms with Gasteiger partial charge in [-0.1, -0.05) is 18.2 Å². The molecule has 3 aromatic carbocycles. The van der Waals surface area contributed by atoms with E-state index in [1.54, 1.807) is 12.1 Å². The maximum Gasteiger partial charge on any atom is 0.269 e. The average molecular weight is 305 g/mol. The van der Waals surface area contributed by atoms with Crippen LogP contribution in [0.15, 0.2) is 66.7 Å². The summed E-state index contributed by atoms with van der Waals surface area (Å²) in [5, 5.41) is 10.8. The molecule has 0 fully saturated rings. The molecular weight excluding hydrogens is 290 g/mol. The number of nitrogen functional groups attached to an aromatic ring is 2. The van der Waals surface area contributed by atoms with Gasteiger partial charge in [-0.05, 0) is 58.7 Å². The summed E-state index contributed by atoms with van der Waals surface area (Å²) >= 11 is 0. The van der Waals surface area contributed by atoms with Gasteiger partial charge in [-0.25, -0.2) is 0 Å². The van der Waals surface area contributed by atoms with Crippen molar-refractivity contribution in [1.82, 2.24) is 0 Å². The van der Waals surface area contributed by atoms with Gasteiger partial charge in [0.15, 0.2) is 0 Å². The highest BCUT2D eigenvalue weighted by molar-refractivity contribution is 5.86. The van der Waals surface area contributed by atoms with E-state index in [9.17, 15) is 10.1 Å². The van der Waals surface area contributed by atoms with Crippen LogP contribution in [0.3, 0.4) is 0 Å². The van der Waals surface area contributed by atoms with Crippen LogP contribution >= 0.6 is 0 Å². The molecule has 23 heavy (non-hydrogen) atoms. The molecule has 0 radical (unpaired) electrons. The summed E-state index contributed by atoms with van der Waals surface area (Å²) in [6.45, 7) is 0. The normalized spacial score (nSPS) is 10.4. The maximum atomic E-state index is 10.8. The number of nitro benzene ring substituents is 1. The zero-order chi connectivity index (χ0) is 16.4. The van der Waals surface area contributed by atoms with Gasteiger partial charge in [-0.15, -0.1) is 0 Å². The fourth-order valence-electron chi connectivity index (χ4n) is 2.48. The van der Waals surface area contributed by atoms with Crippen LogP contribution in [0.1, 0.15) is 0 Å². The minimum atomic E-state index is -0.413. The summed E-state index contributed by atoms with van der Waals surface area (Å²) in [4.78, 5) is 10.4. The molecule has 0 spiro atoms. The predicted molar refractivity (Wildman–Crippen MR) is 92.8 cm³/mol. The van der Waals surface area contributed by atoms with Crippen molar-refractivity contribution in [2.45, 2.75) is 0 Å². The van der Waals surface area contributed by atoms with Gasteiger partial charge in [0.05, 0.1) is 4.92 Å². The van der Waals surface area contributed by atoms with E-state index in [1.165, 1.54) is 12.1 Å². The molecule has 0 atom stereocenters. The summed E-state index contributed by atoms with van der Waals surface area (Å²) in [5.41, 5.74) is 16.8. The van der Waals surface area contributed by atoms with E-state index in [0.717, 1.165) is 22.3 Å². The van der Waals surface area contributed by atoms with E-state index in [1.807, 2.05) is 42.5 Å². The van der Waals surface area contributed by atoms with Gasteiger partial charge in [-0.2, -0.15) is 0 Å². The van der Waals surface area contributed by atoms with Crippen LogP contribution < -0.4 is 11.5 Å². The summed E-state index contributed by atoms with van der Waals surface area (Å²) < 4.78 is 0. The molecule has 0 amide bonds. The Kier molecular flexibility index (Phi) is 3.68. The molecule has 114 valence electrons. The second kappa shape index (κ2) is 5.81. The summed E-state index contributed by atoms with van der Waals surface area (Å²) in [5.74, 6) is 0. The molecule has 5 heteroatoms. The van der Waals surface area contributed by atoms with E-state index in [2.05, 4.69) is 0 Å². The third kappa shape index (κ3) is 2.98. The van der Waals surface area contributed by atoms with Gasteiger partial charge in [0.1, 0.15) is 0 Å². The number of nitrogens with two attached hydrogens (primary N) is 2. The number of hydrogen-bond donors (Lipinski definition) is 2. The zero-order valence-corrected chi connectivity index (χ0v) is 12.3. The number of rotatable bonds is 3. The molecule has 5 nitrogen and oxygen atoms in total. The molecule has 0 bridgehead atoms. The third-order valence-electron chi connectivity index (χ3n) is 3.65. The van der Waals surface area contributed by atoms with Crippen molar-refractivity contribution in [3.8, 4) is 22.3 Å². The van der Waals surface area contributed by atoms with Gasteiger partial charge in [0, 0.05) is 23.5 Å². The van der Waals surface area contributed by atoms with E-state index in [-0.39, 0.29) is 5.69 Å². The molecule has 3 aromatic rings. The van der Waals surface area contributed by atoms with E-state index in [4.69, 9.17) is 11.5 Å². The minimum absolute atomic E-state index is 0.0617. The van der Waals surface area contributed by atoms with Crippen LogP contribution in [0, 0.1) is 10.1 Å². The van der Waals surface area contributed by atoms with Crippen LogP contribution in [-0.4, -0.2) is 4.92 Å². The molecule has 0 heterocycles. The second-order valence-electron chi connectivity index (χ2n) is 5.23. The van der Waals surface area contributed by atoms with Gasteiger partial charge < -0.3 is 11.5 Å². The van der Waals surface area contributed by atoms with Crippen molar-refractivity contribution in [2.24, 2.45) is 0 Å². The van der Waals surface area contributed by atoms with Crippen LogP contribution in [0.5, 0.6) is 0 Å². The average Bonchev–Trinajstić information content (AvgIpc) is 2.56. The quantitative estimate of drug-likeness (QED) is 0.433. The van der Waals surface area contributed by atoms with E-state index in [0.29, 0.717) is 11.4 Å². The number of nitro groups is 1. The molecule has 0 aliphatic carbocycles. The highest BCUT2D eigenvalue weighted by Gasteiger charge is 2.10. The number of non-ortho nitro benzene ring substituents is 1. The lowest BCUT2D eigenvalue weighted by molar-refractivity contribution is -0.384. The molecule has 0 saturated heterocycles. The molecule has 0 aliphatic rings. The highest BCUT2D eigenvalue weighted by atomic mass is 16.6. The Labute approximate surface area is 133 Å². The van der Waals surface area contributed by atoms with E-state index >= 15 is 0 Å². The molecule has 0 unspecified atom stereocenters. The Balaban J connectivity index is 2.12. The third-order valence-corrected chi connectivity index (χ3v) is 3.65. The first-order chi connectivity index (χ1) is 11.0. The van der Waals surface area contributed by atoms with Gasteiger partial charge >= 0.3 is 0 Å². The lowest BCUT2D eigenvalue weighted by Crippen LogP contribution is -1.92. The highest BCUT2D eigenvalue weighted by Crippen LogP contribution is 2.34. The van der Waals surface area contributed by atoms with Gasteiger partial charge in [-0.3, -0.25) is 10.1 Å². The van der Waals surface area contributed by atoms with Crippen molar-refractivity contribution in [1.29, 1.82) is 0 Å². The second-order valence-corrected chi connectivity index (χ2v) is 5.23. The first-order valence-electron chi connectivity index (χ1n) is 7.05. The molecule has 3 rings (SSSR count). The Morgan fingerprint density at radius 3 is 1.83 bits per heavy atom. The van der Waals surface area contributed by atoms with E-state index < -0.39 is 4.92 Å². The van der Waals surface area contributed by atoms with Crippen molar-refractivity contribution in [3.05, 3.63) is 76.8 Å². The Morgan fingerprint density at radius 1 is 0.696 bits per heavy atom. The van der Waals surface area contributed by atoms with Gasteiger partial charge in [0.2, 0.25) is 0 Å². The van der Waals surface area contributed by atoms with Crippen LogP contribution in [0.25, 0.3) is 22.3 Å². The largest absolute Gasteiger partial charge is 0.399 e. The standard InChI is InChI=1S/C18H15N3O2/c19-14-5-1-12(2-6-14)17-10-7-15(20)11-18(17)13-3-8-16(9-4-13)21(22)23/h1-11H,19-20H2. The van der Waals surface area contributed by atoms with Gasteiger partial charge in [0.25, 0.3) is 5.69 Å². The summed E-state index contributed by atoms with van der Waals surface area (Å²) in [6, 6.07) is 19.6. The van der Waals surface area contributed by atoms with Crippen molar-refractivity contribution in [2.75, 3.05) is 11.5 Å².